The highest BCUT2D eigenvalue weighted by Crippen LogP contribution is 2.42. The Balaban J connectivity index is 2.34. The van der Waals surface area contributed by atoms with Crippen LogP contribution in [-0.2, 0) is 9.05 Å². The highest BCUT2D eigenvalue weighted by atomic mass is 31.2. The maximum atomic E-state index is 5.40. The van der Waals surface area contributed by atoms with Crippen LogP contribution in [0.15, 0.2) is 0 Å². The Bertz CT molecular complexity index is 72.0. The fourth-order valence-electron chi connectivity index (χ4n) is 1.09. The quantitative estimate of drug-likeness (QED) is 0.490. The van der Waals surface area contributed by atoms with Crippen LogP contribution in [0.5, 0.6) is 0 Å². The summed E-state index contributed by atoms with van der Waals surface area (Å²) in [6.45, 7) is 6.19. The van der Waals surface area contributed by atoms with Crippen molar-refractivity contribution in [3.63, 3.8) is 0 Å². The fourth-order valence-corrected chi connectivity index (χ4v) is 2.32. The summed E-state index contributed by atoms with van der Waals surface area (Å²) in [6, 6.07) is 0. The topological polar surface area (TPSA) is 18.5 Å². The third kappa shape index (κ3) is 2.21. The Labute approximate surface area is 57.5 Å². The first-order valence-corrected chi connectivity index (χ1v) is 4.88. The molecule has 0 N–H and O–H groups in total. The van der Waals surface area contributed by atoms with E-state index in [-0.39, 0.29) is 0 Å². The molecule has 0 bridgehead atoms. The predicted molar refractivity (Wildman–Crippen MR) is 38.6 cm³/mol. The van der Waals surface area contributed by atoms with Crippen LogP contribution in [0.25, 0.3) is 0 Å². The molecule has 3 heteroatoms. The van der Waals surface area contributed by atoms with Crippen molar-refractivity contribution in [1.82, 2.24) is 0 Å². The maximum absolute atomic E-state index is 5.40. The van der Waals surface area contributed by atoms with Crippen LogP contribution in [0.4, 0.5) is 0 Å². The molecule has 0 radical (unpaired) electrons. The van der Waals surface area contributed by atoms with E-state index in [1.807, 2.05) is 6.66 Å². The van der Waals surface area contributed by atoms with Gasteiger partial charge in [0.2, 0.25) is 0 Å². The summed E-state index contributed by atoms with van der Waals surface area (Å²) in [5.41, 5.74) is 0. The average molecular weight is 148 g/mol. The van der Waals surface area contributed by atoms with Crippen molar-refractivity contribution in [2.24, 2.45) is 0 Å². The molecule has 1 fully saturated rings. The van der Waals surface area contributed by atoms with Crippen molar-refractivity contribution in [2.45, 2.75) is 32.5 Å². The van der Waals surface area contributed by atoms with Crippen LogP contribution in [0.2, 0.25) is 0 Å². The zero-order valence-electron chi connectivity index (χ0n) is 6.13. The molecule has 1 heterocycles. The van der Waals surface area contributed by atoms with Gasteiger partial charge in [0.25, 0.3) is 0 Å². The van der Waals surface area contributed by atoms with Crippen molar-refractivity contribution in [2.75, 3.05) is 6.66 Å². The molecule has 0 aromatic carbocycles. The molecule has 2 nitrogen and oxygen atoms in total. The lowest BCUT2D eigenvalue weighted by Crippen LogP contribution is -2.21. The monoisotopic (exact) mass is 148 g/mol. The van der Waals surface area contributed by atoms with E-state index in [1.54, 1.807) is 0 Å². The second-order valence-electron chi connectivity index (χ2n) is 2.51. The molecular formula is C6H13O2P. The Kier molecular flexibility index (Phi) is 2.45. The van der Waals surface area contributed by atoms with Crippen molar-refractivity contribution in [1.29, 1.82) is 0 Å². The van der Waals surface area contributed by atoms with Crippen LogP contribution in [0, 0.1) is 0 Å². The first kappa shape index (κ1) is 7.46. The van der Waals surface area contributed by atoms with E-state index < -0.39 is 8.38 Å². The average Bonchev–Trinajstić information content (AvgIpc) is 1.59. The molecule has 1 aliphatic heterocycles. The molecule has 0 aromatic rings. The minimum absolute atomic E-state index is 0.393. The Hall–Kier alpha value is 0.350. The van der Waals surface area contributed by atoms with E-state index in [2.05, 4.69) is 13.8 Å². The zero-order valence-corrected chi connectivity index (χ0v) is 7.02. The molecule has 0 amide bonds. The molecule has 0 aromatic heterocycles. The fraction of sp³-hybridized carbons (Fsp3) is 1.00. The molecule has 0 saturated carbocycles. The first-order chi connectivity index (χ1) is 4.18. The maximum Gasteiger partial charge on any atom is 0.167 e. The summed E-state index contributed by atoms with van der Waals surface area (Å²) in [5.74, 6) is 0. The Morgan fingerprint density at radius 1 is 1.22 bits per heavy atom. The van der Waals surface area contributed by atoms with E-state index >= 15 is 0 Å². The largest absolute Gasteiger partial charge is 0.331 e. The van der Waals surface area contributed by atoms with Gasteiger partial charge in [0.05, 0.1) is 12.2 Å². The number of hydrogen-bond donors (Lipinski definition) is 0. The van der Waals surface area contributed by atoms with Gasteiger partial charge >= 0.3 is 0 Å². The smallest absolute Gasteiger partial charge is 0.167 e. The van der Waals surface area contributed by atoms with E-state index in [1.165, 1.54) is 0 Å². The Morgan fingerprint density at radius 3 is 2.00 bits per heavy atom. The lowest BCUT2D eigenvalue weighted by molar-refractivity contribution is 0.0748. The summed E-state index contributed by atoms with van der Waals surface area (Å²) in [6.07, 6.45) is 1.82. The van der Waals surface area contributed by atoms with E-state index in [4.69, 9.17) is 9.05 Å². The molecule has 1 rings (SSSR count). The van der Waals surface area contributed by atoms with Crippen LogP contribution >= 0.6 is 8.38 Å². The minimum atomic E-state index is -0.570. The molecule has 2 atom stereocenters. The normalized spacial score (nSPS) is 45.0. The molecule has 0 aliphatic carbocycles. The van der Waals surface area contributed by atoms with E-state index in [9.17, 15) is 0 Å². The SMILES string of the molecule is CC1CC(C)OP(C)O1. The van der Waals surface area contributed by atoms with Gasteiger partial charge in [-0.1, -0.05) is 0 Å². The molecule has 54 valence electrons. The van der Waals surface area contributed by atoms with Gasteiger partial charge in [-0.2, -0.15) is 0 Å². The van der Waals surface area contributed by atoms with Gasteiger partial charge in [0, 0.05) is 13.1 Å². The first-order valence-electron chi connectivity index (χ1n) is 3.25. The lowest BCUT2D eigenvalue weighted by atomic mass is 10.2. The van der Waals surface area contributed by atoms with E-state index in [0.717, 1.165) is 6.42 Å². The van der Waals surface area contributed by atoms with Crippen molar-refractivity contribution >= 4 is 8.38 Å². The molecule has 9 heavy (non-hydrogen) atoms. The third-order valence-electron chi connectivity index (χ3n) is 1.32. The second-order valence-corrected chi connectivity index (χ2v) is 3.81. The summed E-state index contributed by atoms with van der Waals surface area (Å²) in [4.78, 5) is 0. The third-order valence-corrected chi connectivity index (χ3v) is 2.63. The Morgan fingerprint density at radius 2 is 1.67 bits per heavy atom. The summed E-state index contributed by atoms with van der Waals surface area (Å²) < 4.78 is 10.8. The van der Waals surface area contributed by atoms with Crippen molar-refractivity contribution in [3.05, 3.63) is 0 Å². The van der Waals surface area contributed by atoms with Crippen molar-refractivity contribution < 1.29 is 9.05 Å². The molecule has 0 spiro atoms. The van der Waals surface area contributed by atoms with Gasteiger partial charge in [0.15, 0.2) is 8.38 Å². The minimum Gasteiger partial charge on any atom is -0.331 e. The van der Waals surface area contributed by atoms with Crippen LogP contribution in [0.1, 0.15) is 20.3 Å². The molecule has 1 aliphatic rings. The predicted octanol–water partition coefficient (Wildman–Crippen LogP) is 2.14. The lowest BCUT2D eigenvalue weighted by Gasteiger charge is -2.29. The van der Waals surface area contributed by atoms with Crippen LogP contribution < -0.4 is 0 Å². The standard InChI is InChI=1S/C6H13O2P/c1-5-4-6(2)8-9(3)7-5/h5-6H,4H2,1-3H3. The van der Waals surface area contributed by atoms with Gasteiger partial charge in [-0.25, -0.2) is 0 Å². The summed E-state index contributed by atoms with van der Waals surface area (Å²) in [5, 5.41) is 0. The highest BCUT2D eigenvalue weighted by molar-refractivity contribution is 7.46. The molecule has 2 unspecified atom stereocenters. The van der Waals surface area contributed by atoms with Gasteiger partial charge in [-0.15, -0.1) is 0 Å². The van der Waals surface area contributed by atoms with Crippen LogP contribution in [0.3, 0.4) is 0 Å². The summed E-state index contributed by atoms with van der Waals surface area (Å²) in [7, 11) is -0.570. The van der Waals surface area contributed by atoms with Gasteiger partial charge in [-0.3, -0.25) is 0 Å². The van der Waals surface area contributed by atoms with Gasteiger partial charge in [0.1, 0.15) is 0 Å². The highest BCUT2D eigenvalue weighted by Gasteiger charge is 2.21. The zero-order chi connectivity index (χ0) is 6.85. The van der Waals surface area contributed by atoms with Crippen molar-refractivity contribution in [3.8, 4) is 0 Å². The van der Waals surface area contributed by atoms with Crippen LogP contribution in [-0.4, -0.2) is 18.9 Å². The van der Waals surface area contributed by atoms with Gasteiger partial charge < -0.3 is 9.05 Å². The van der Waals surface area contributed by atoms with Gasteiger partial charge in [-0.05, 0) is 13.8 Å². The molecular weight excluding hydrogens is 135 g/mol. The van der Waals surface area contributed by atoms with E-state index in [0.29, 0.717) is 12.2 Å². The molecule has 1 saturated heterocycles. The number of rotatable bonds is 0. The summed E-state index contributed by atoms with van der Waals surface area (Å²) >= 11 is 0. The number of hydrogen-bond acceptors (Lipinski definition) is 2. The second kappa shape index (κ2) is 2.96.